The van der Waals surface area contributed by atoms with Gasteiger partial charge in [0, 0.05) is 12.0 Å². The molecule has 1 heterocycles. The molecule has 1 aromatic rings. The molecule has 1 atom stereocenters. The van der Waals surface area contributed by atoms with Gasteiger partial charge in [-0.15, -0.1) is 0 Å². The van der Waals surface area contributed by atoms with E-state index in [2.05, 4.69) is 0 Å². The molecule has 1 aromatic carbocycles. The van der Waals surface area contributed by atoms with Crippen molar-refractivity contribution in [3.8, 4) is 5.75 Å². The lowest BCUT2D eigenvalue weighted by Gasteiger charge is -2.33. The molecule has 0 aromatic heterocycles. The first-order valence-corrected chi connectivity index (χ1v) is 5.19. The van der Waals surface area contributed by atoms with Crippen molar-refractivity contribution in [2.75, 3.05) is 6.61 Å². The molecule has 86 valence electrons. The number of hydrogen-bond donors (Lipinski definition) is 2. The number of fused-ring (bicyclic) bond motifs is 1. The lowest BCUT2D eigenvalue weighted by molar-refractivity contribution is -0.144. The van der Waals surface area contributed by atoms with Crippen LogP contribution in [-0.2, 0) is 10.4 Å². The van der Waals surface area contributed by atoms with E-state index in [1.54, 1.807) is 6.07 Å². The zero-order chi connectivity index (χ0) is 11.8. The zero-order valence-electron chi connectivity index (χ0n) is 9.06. The molecule has 1 aliphatic heterocycles. The molecular weight excluding hydrogens is 208 g/mol. The highest BCUT2D eigenvalue weighted by atomic mass is 16.5. The minimum Gasteiger partial charge on any atom is -0.493 e. The average Bonchev–Trinajstić information content (AvgIpc) is 2.15. The van der Waals surface area contributed by atoms with E-state index in [1.807, 2.05) is 19.1 Å². The molecule has 0 saturated carbocycles. The Morgan fingerprint density at radius 1 is 1.56 bits per heavy atom. The zero-order valence-corrected chi connectivity index (χ0v) is 9.06. The quantitative estimate of drug-likeness (QED) is 0.794. The van der Waals surface area contributed by atoms with Crippen molar-refractivity contribution >= 4 is 5.97 Å². The predicted octanol–water partition coefficient (Wildman–Crippen LogP) is 1.44. The fraction of sp³-hybridized carbons (Fsp3) is 0.417. The lowest BCUT2D eigenvalue weighted by atomic mass is 9.85. The Balaban J connectivity index is 2.43. The summed E-state index contributed by atoms with van der Waals surface area (Å²) in [6, 6.07) is 5.41. The first-order valence-electron chi connectivity index (χ1n) is 5.19. The molecule has 0 saturated heterocycles. The third-order valence-corrected chi connectivity index (χ3v) is 2.86. The maximum absolute atomic E-state index is 10.7. The molecule has 2 rings (SSSR count). The standard InChI is InChI=1S/C12H14O4/c1-8-2-3-9-10(6-8)16-5-4-12(9,15)7-11(13)14/h2-3,6,15H,4-5,7H2,1H3,(H,13,14). The predicted molar refractivity (Wildman–Crippen MR) is 57.4 cm³/mol. The Kier molecular flexibility index (Phi) is 2.59. The first kappa shape index (κ1) is 11.0. The van der Waals surface area contributed by atoms with E-state index in [9.17, 15) is 9.90 Å². The number of rotatable bonds is 2. The Hall–Kier alpha value is -1.55. The molecule has 1 aliphatic rings. The minimum absolute atomic E-state index is 0.285. The highest BCUT2D eigenvalue weighted by Crippen LogP contribution is 2.39. The van der Waals surface area contributed by atoms with Gasteiger partial charge in [0.1, 0.15) is 11.4 Å². The van der Waals surface area contributed by atoms with Gasteiger partial charge in [0.25, 0.3) is 0 Å². The molecule has 1 unspecified atom stereocenters. The monoisotopic (exact) mass is 222 g/mol. The van der Waals surface area contributed by atoms with Crippen LogP contribution in [0, 0.1) is 6.92 Å². The van der Waals surface area contributed by atoms with Crippen LogP contribution < -0.4 is 4.74 Å². The number of carboxylic acid groups (broad SMARTS) is 1. The van der Waals surface area contributed by atoms with Crippen molar-refractivity contribution in [2.24, 2.45) is 0 Å². The van der Waals surface area contributed by atoms with E-state index >= 15 is 0 Å². The average molecular weight is 222 g/mol. The van der Waals surface area contributed by atoms with E-state index in [0.29, 0.717) is 24.3 Å². The van der Waals surface area contributed by atoms with Crippen LogP contribution in [0.25, 0.3) is 0 Å². The summed E-state index contributed by atoms with van der Waals surface area (Å²) in [6.45, 7) is 2.27. The van der Waals surface area contributed by atoms with Crippen molar-refractivity contribution < 1.29 is 19.7 Å². The van der Waals surface area contributed by atoms with Crippen LogP contribution in [0.3, 0.4) is 0 Å². The summed E-state index contributed by atoms with van der Waals surface area (Å²) in [5.74, 6) is -0.411. The Morgan fingerprint density at radius 2 is 2.31 bits per heavy atom. The van der Waals surface area contributed by atoms with Crippen LogP contribution >= 0.6 is 0 Å². The van der Waals surface area contributed by atoms with Gasteiger partial charge in [-0.05, 0) is 18.6 Å². The molecule has 0 bridgehead atoms. The van der Waals surface area contributed by atoms with Gasteiger partial charge in [-0.1, -0.05) is 12.1 Å². The number of aliphatic carboxylic acids is 1. The summed E-state index contributed by atoms with van der Waals surface area (Å²) in [4.78, 5) is 10.7. The topological polar surface area (TPSA) is 66.8 Å². The van der Waals surface area contributed by atoms with Crippen LogP contribution in [0.1, 0.15) is 24.0 Å². The second-order valence-electron chi connectivity index (χ2n) is 4.20. The second kappa shape index (κ2) is 3.79. The van der Waals surface area contributed by atoms with E-state index in [0.717, 1.165) is 5.56 Å². The van der Waals surface area contributed by atoms with Gasteiger partial charge in [-0.25, -0.2) is 0 Å². The number of aliphatic hydroxyl groups is 1. The number of carboxylic acids is 1. The van der Waals surface area contributed by atoms with Crippen molar-refractivity contribution in [1.82, 2.24) is 0 Å². The number of hydrogen-bond acceptors (Lipinski definition) is 3. The maximum Gasteiger partial charge on any atom is 0.306 e. The van der Waals surface area contributed by atoms with Crippen molar-refractivity contribution in [3.63, 3.8) is 0 Å². The number of ether oxygens (including phenoxy) is 1. The van der Waals surface area contributed by atoms with Gasteiger partial charge in [-0.2, -0.15) is 0 Å². The van der Waals surface area contributed by atoms with Crippen LogP contribution in [-0.4, -0.2) is 22.8 Å². The van der Waals surface area contributed by atoms with Crippen molar-refractivity contribution in [2.45, 2.75) is 25.4 Å². The SMILES string of the molecule is Cc1ccc2c(c1)OCCC2(O)CC(=O)O. The summed E-state index contributed by atoms with van der Waals surface area (Å²) in [6.07, 6.45) is 0.0295. The molecule has 0 amide bonds. The van der Waals surface area contributed by atoms with Crippen LogP contribution in [0.15, 0.2) is 18.2 Å². The number of carbonyl (C=O) groups is 1. The molecule has 2 N–H and O–H groups in total. The van der Waals surface area contributed by atoms with E-state index in [4.69, 9.17) is 9.84 Å². The van der Waals surface area contributed by atoms with E-state index in [-0.39, 0.29) is 6.42 Å². The highest BCUT2D eigenvalue weighted by molar-refractivity contribution is 5.69. The van der Waals surface area contributed by atoms with Crippen molar-refractivity contribution in [1.29, 1.82) is 0 Å². The van der Waals surface area contributed by atoms with Gasteiger partial charge >= 0.3 is 5.97 Å². The van der Waals surface area contributed by atoms with Gasteiger partial charge in [0.15, 0.2) is 0 Å². The summed E-state index contributed by atoms with van der Waals surface area (Å²) < 4.78 is 5.43. The van der Waals surface area contributed by atoms with Gasteiger partial charge in [0.2, 0.25) is 0 Å². The third-order valence-electron chi connectivity index (χ3n) is 2.86. The Labute approximate surface area is 93.5 Å². The minimum atomic E-state index is -1.30. The fourth-order valence-corrected chi connectivity index (χ4v) is 2.03. The Bertz CT molecular complexity index is 427. The fourth-order valence-electron chi connectivity index (χ4n) is 2.03. The molecule has 4 nitrogen and oxygen atoms in total. The van der Waals surface area contributed by atoms with Gasteiger partial charge in [-0.3, -0.25) is 4.79 Å². The normalized spacial score (nSPS) is 23.4. The first-order chi connectivity index (χ1) is 7.51. The summed E-state index contributed by atoms with van der Waals surface area (Å²) in [7, 11) is 0. The van der Waals surface area contributed by atoms with E-state index < -0.39 is 11.6 Å². The van der Waals surface area contributed by atoms with Crippen molar-refractivity contribution in [3.05, 3.63) is 29.3 Å². The van der Waals surface area contributed by atoms with Crippen LogP contribution in [0.4, 0.5) is 0 Å². The Morgan fingerprint density at radius 3 is 3.00 bits per heavy atom. The third kappa shape index (κ3) is 1.88. The lowest BCUT2D eigenvalue weighted by Crippen LogP contribution is -2.35. The molecule has 0 radical (unpaired) electrons. The summed E-state index contributed by atoms with van der Waals surface area (Å²) in [5, 5.41) is 19.1. The second-order valence-corrected chi connectivity index (χ2v) is 4.20. The molecule has 0 spiro atoms. The molecule has 4 heteroatoms. The highest BCUT2D eigenvalue weighted by Gasteiger charge is 2.37. The van der Waals surface area contributed by atoms with Crippen LogP contribution in [0.2, 0.25) is 0 Å². The molecule has 16 heavy (non-hydrogen) atoms. The van der Waals surface area contributed by atoms with Gasteiger partial charge < -0.3 is 14.9 Å². The number of benzene rings is 1. The van der Waals surface area contributed by atoms with E-state index in [1.165, 1.54) is 0 Å². The number of aryl methyl sites for hydroxylation is 1. The summed E-state index contributed by atoms with van der Waals surface area (Å²) >= 11 is 0. The van der Waals surface area contributed by atoms with Gasteiger partial charge in [0.05, 0.1) is 13.0 Å². The molecule has 0 aliphatic carbocycles. The molecular formula is C12H14O4. The summed E-state index contributed by atoms with van der Waals surface area (Å²) in [5.41, 5.74) is 0.303. The smallest absolute Gasteiger partial charge is 0.306 e. The maximum atomic E-state index is 10.7. The largest absolute Gasteiger partial charge is 0.493 e. The van der Waals surface area contributed by atoms with Crippen LogP contribution in [0.5, 0.6) is 5.75 Å². The molecule has 0 fully saturated rings.